The highest BCUT2D eigenvalue weighted by atomic mass is 16.9. The molecule has 2 aromatic rings. The maximum absolute atomic E-state index is 8.25. The van der Waals surface area contributed by atoms with Crippen molar-refractivity contribution in [2.75, 3.05) is 5.73 Å². The summed E-state index contributed by atoms with van der Waals surface area (Å²) in [4.78, 5) is 19.1. The fourth-order valence-corrected chi connectivity index (χ4v) is 1.02. The molecule has 0 atom stereocenters. The molecular weight excluding hydrogens is 204 g/mol. The van der Waals surface area contributed by atoms with Crippen molar-refractivity contribution in [1.29, 1.82) is 0 Å². The predicted molar refractivity (Wildman–Crippen MR) is 49.8 cm³/mol. The Morgan fingerprint density at radius 2 is 2.13 bits per heavy atom. The van der Waals surface area contributed by atoms with Crippen LogP contribution in [0.1, 0.15) is 0 Å². The molecule has 15 heavy (non-hydrogen) atoms. The fourth-order valence-electron chi connectivity index (χ4n) is 1.02. The zero-order chi connectivity index (χ0) is 11.4. The molecule has 0 spiro atoms. The highest BCUT2D eigenvalue weighted by Crippen LogP contribution is 2.07. The van der Waals surface area contributed by atoms with Gasteiger partial charge in [0.2, 0.25) is 5.52 Å². The van der Waals surface area contributed by atoms with Gasteiger partial charge in [0.1, 0.15) is 0 Å². The third-order valence-electron chi connectivity index (χ3n) is 1.59. The summed E-state index contributed by atoms with van der Waals surface area (Å²) < 4.78 is 1.85. The number of nitrogen functional groups attached to an aromatic ring is 1. The lowest BCUT2D eigenvalue weighted by atomic mass is 10.5. The number of hydrogen-bond donors (Lipinski definition) is 2. The Balaban J connectivity index is 0.000000245. The number of aromatic amines is 1. The third-order valence-corrected chi connectivity index (χ3v) is 1.59. The molecule has 0 aromatic carbocycles. The van der Waals surface area contributed by atoms with E-state index in [1.807, 2.05) is 11.6 Å². The summed E-state index contributed by atoms with van der Waals surface area (Å²) in [5, 5.41) is 14.8. The van der Waals surface area contributed by atoms with Gasteiger partial charge in [-0.05, 0) is 0 Å². The molecule has 0 fully saturated rings. The van der Waals surface area contributed by atoms with Crippen molar-refractivity contribution in [1.82, 2.24) is 15.0 Å². The van der Waals surface area contributed by atoms with Gasteiger partial charge in [-0.2, -0.15) is 4.98 Å². The highest BCUT2D eigenvalue weighted by molar-refractivity contribution is 5.77. The summed E-state index contributed by atoms with van der Waals surface area (Å²) >= 11 is 0. The quantitative estimate of drug-likeness (QED) is 0.330. The smallest absolute Gasteiger partial charge is 0.306 e. The van der Waals surface area contributed by atoms with Crippen molar-refractivity contribution >= 4 is 17.0 Å². The number of nitrogens with zero attached hydrogens (tertiary/aromatic N) is 4. The van der Waals surface area contributed by atoms with E-state index < -0.39 is 5.09 Å². The van der Waals surface area contributed by atoms with Gasteiger partial charge in [0.15, 0.2) is 18.5 Å². The van der Waals surface area contributed by atoms with E-state index in [2.05, 4.69) is 15.0 Å². The van der Waals surface area contributed by atoms with Gasteiger partial charge in [0.25, 0.3) is 0 Å². The number of nitrogens with two attached hydrogens (primary N) is 1. The molecule has 0 radical (unpaired) electrons. The van der Waals surface area contributed by atoms with Crippen LogP contribution in [0.4, 0.5) is 5.82 Å². The molecule has 0 aliphatic rings. The Morgan fingerprint density at radius 3 is 2.67 bits per heavy atom. The minimum atomic E-state index is -1.75. The molecule has 0 amide bonds. The van der Waals surface area contributed by atoms with Crippen LogP contribution in [-0.4, -0.2) is 20.0 Å². The molecule has 0 saturated carbocycles. The average Bonchev–Trinajstić information content (AvgIpc) is 2.49. The Hall–Kier alpha value is -2.45. The van der Waals surface area contributed by atoms with Crippen LogP contribution < -0.4 is 10.3 Å². The van der Waals surface area contributed by atoms with E-state index in [9.17, 15) is 0 Å². The van der Waals surface area contributed by atoms with Gasteiger partial charge in [-0.25, -0.2) is 4.57 Å². The van der Waals surface area contributed by atoms with Crippen molar-refractivity contribution < 1.29 is 9.65 Å². The molecule has 0 aliphatic carbocycles. The largest absolute Gasteiger partial charge is 0.380 e. The number of nitrogens with one attached hydrogen (secondary N) is 1. The van der Waals surface area contributed by atoms with E-state index in [-0.39, 0.29) is 0 Å². The zero-order valence-corrected chi connectivity index (χ0v) is 7.75. The first-order valence-corrected chi connectivity index (χ1v) is 3.77. The summed E-state index contributed by atoms with van der Waals surface area (Å²) in [5.41, 5.74) is 7.18. The average molecular weight is 212 g/mol. The second-order valence-corrected chi connectivity index (χ2v) is 2.57. The molecule has 9 nitrogen and oxygen atoms in total. The van der Waals surface area contributed by atoms with Crippen molar-refractivity contribution in [3.8, 4) is 0 Å². The first-order valence-electron chi connectivity index (χ1n) is 3.77. The van der Waals surface area contributed by atoms with Crippen molar-refractivity contribution in [3.63, 3.8) is 0 Å². The number of rotatable bonds is 0. The molecule has 2 heterocycles. The van der Waals surface area contributed by atoms with Gasteiger partial charge in [0, 0.05) is 0 Å². The number of imidazole rings is 1. The summed E-state index contributed by atoms with van der Waals surface area (Å²) in [6.07, 6.45) is 3.24. The Bertz CT molecular complexity index is 477. The van der Waals surface area contributed by atoms with Crippen LogP contribution in [0.25, 0.3) is 11.2 Å². The van der Waals surface area contributed by atoms with Gasteiger partial charge in [-0.1, -0.05) is 4.98 Å². The lowest BCUT2D eigenvalue weighted by Crippen LogP contribution is -2.25. The lowest BCUT2D eigenvalue weighted by molar-refractivity contribution is -0.646. The minimum absolute atomic E-state index is 0.482. The fraction of sp³-hybridized carbons (Fsp3) is 0.167. The molecule has 0 unspecified atom stereocenters. The normalized spacial score (nSPS) is 9.40. The Kier molecular flexibility index (Phi) is 2.96. The number of anilines is 1. The van der Waals surface area contributed by atoms with Gasteiger partial charge in [-0.3, -0.25) is 4.98 Å². The first-order chi connectivity index (χ1) is 7.02. The number of fused-ring (bicyclic) bond motifs is 1. The number of hydrogen-bond acceptors (Lipinski definition) is 6. The van der Waals surface area contributed by atoms with Crippen molar-refractivity contribution in [3.05, 3.63) is 28.0 Å². The summed E-state index contributed by atoms with van der Waals surface area (Å²) in [5.74, 6) is 0.482. The van der Waals surface area contributed by atoms with Crippen molar-refractivity contribution in [2.45, 2.75) is 0 Å². The molecule has 9 heteroatoms. The van der Waals surface area contributed by atoms with Gasteiger partial charge >= 0.3 is 5.65 Å². The molecule has 0 aliphatic heterocycles. The van der Waals surface area contributed by atoms with Crippen LogP contribution in [0.5, 0.6) is 0 Å². The van der Waals surface area contributed by atoms with Crippen molar-refractivity contribution in [2.24, 2.45) is 7.05 Å². The maximum atomic E-state index is 8.25. The summed E-state index contributed by atoms with van der Waals surface area (Å²) in [6.45, 7) is 0. The van der Waals surface area contributed by atoms with Crippen LogP contribution >= 0.6 is 0 Å². The van der Waals surface area contributed by atoms with Crippen LogP contribution in [0.2, 0.25) is 0 Å². The van der Waals surface area contributed by atoms with E-state index in [1.165, 1.54) is 6.33 Å². The molecular formula is C6H8N6O3. The second kappa shape index (κ2) is 4.17. The van der Waals surface area contributed by atoms with Crippen LogP contribution in [-0.2, 0) is 7.05 Å². The molecule has 80 valence electrons. The van der Waals surface area contributed by atoms with Gasteiger partial charge < -0.3 is 21.1 Å². The maximum Gasteiger partial charge on any atom is 0.306 e. The molecule has 0 bridgehead atoms. The molecule has 2 rings (SSSR count). The zero-order valence-electron chi connectivity index (χ0n) is 7.75. The van der Waals surface area contributed by atoms with E-state index >= 15 is 0 Å². The minimum Gasteiger partial charge on any atom is -0.380 e. The first kappa shape index (κ1) is 10.6. The number of H-pyrrole nitrogens is 1. The predicted octanol–water partition coefficient (Wildman–Crippen LogP) is -0.874. The Labute approximate surface area is 83.3 Å². The summed E-state index contributed by atoms with van der Waals surface area (Å²) in [6, 6.07) is 0. The third kappa shape index (κ3) is 2.49. The standard InChI is InChI=1S/C6H7N5.NO3/c1-11-3-10-4-5(7)8-2-9-6(4)11;2-1(3)4/h2-3H,1H3,(H2,7,8,9);/q;-1/p+1. The van der Waals surface area contributed by atoms with E-state index in [0.717, 1.165) is 11.2 Å². The SMILES string of the molecule is C[n+]1c[nH]c2c(N)ncnc21.O=[N+]([O-])[O-]. The van der Waals surface area contributed by atoms with Crippen LogP contribution in [0, 0.1) is 15.3 Å². The second-order valence-electron chi connectivity index (χ2n) is 2.57. The van der Waals surface area contributed by atoms with E-state index in [0.29, 0.717) is 5.82 Å². The Morgan fingerprint density at radius 1 is 1.53 bits per heavy atom. The monoisotopic (exact) mass is 212 g/mol. The lowest BCUT2D eigenvalue weighted by Gasteiger charge is -1.86. The van der Waals surface area contributed by atoms with E-state index in [4.69, 9.17) is 21.1 Å². The topological polar surface area (TPSA) is 138 Å². The van der Waals surface area contributed by atoms with E-state index in [1.54, 1.807) is 6.33 Å². The number of aromatic nitrogens is 4. The van der Waals surface area contributed by atoms with Crippen LogP contribution in [0.15, 0.2) is 12.7 Å². The molecule has 3 N–H and O–H groups in total. The molecule has 2 aromatic heterocycles. The highest BCUT2D eigenvalue weighted by Gasteiger charge is 2.10. The van der Waals surface area contributed by atoms with Crippen LogP contribution in [0.3, 0.4) is 0 Å². The summed E-state index contributed by atoms with van der Waals surface area (Å²) in [7, 11) is 1.89. The van der Waals surface area contributed by atoms with Gasteiger partial charge in [-0.15, -0.1) is 0 Å². The van der Waals surface area contributed by atoms with Gasteiger partial charge in [0.05, 0.1) is 12.1 Å². The number of aryl methyl sites for hydroxylation is 1. The molecule has 0 saturated heterocycles.